The lowest BCUT2D eigenvalue weighted by Crippen LogP contribution is -2.42. The van der Waals surface area contributed by atoms with Gasteiger partial charge >= 0.3 is 0 Å². The molecule has 0 atom stereocenters. The Labute approximate surface area is 155 Å². The van der Waals surface area contributed by atoms with Crippen LogP contribution in [0, 0.1) is 5.92 Å². The molecule has 1 aliphatic rings. The molecule has 0 saturated carbocycles. The van der Waals surface area contributed by atoms with E-state index in [0.29, 0.717) is 16.7 Å². The largest absolute Gasteiger partial charge is 0.356 e. The second kappa shape index (κ2) is 9.54. The molecule has 1 aromatic rings. The zero-order chi connectivity index (χ0) is 17.5. The van der Waals surface area contributed by atoms with Crippen molar-refractivity contribution in [3.05, 3.63) is 21.9 Å². The molecule has 2 N–H and O–H groups in total. The van der Waals surface area contributed by atoms with Crippen molar-refractivity contribution in [3.8, 4) is 0 Å². The van der Waals surface area contributed by atoms with Crippen LogP contribution in [0.15, 0.2) is 11.1 Å². The van der Waals surface area contributed by atoms with Gasteiger partial charge in [0.2, 0.25) is 0 Å². The summed E-state index contributed by atoms with van der Waals surface area (Å²) < 4.78 is 1.88. The van der Waals surface area contributed by atoms with Gasteiger partial charge in [0.15, 0.2) is 5.96 Å². The van der Waals surface area contributed by atoms with Crippen molar-refractivity contribution in [3.63, 3.8) is 0 Å². The van der Waals surface area contributed by atoms with Gasteiger partial charge < -0.3 is 20.1 Å². The molecular weight excluding hydrogens is 345 g/mol. The van der Waals surface area contributed by atoms with Gasteiger partial charge in [-0.25, -0.2) is 0 Å². The van der Waals surface area contributed by atoms with Gasteiger partial charge in [-0.2, -0.15) is 0 Å². The van der Waals surface area contributed by atoms with E-state index in [-0.39, 0.29) is 0 Å². The van der Waals surface area contributed by atoms with Crippen LogP contribution in [0.25, 0.3) is 0 Å². The van der Waals surface area contributed by atoms with Crippen molar-refractivity contribution < 1.29 is 0 Å². The first-order valence-electron chi connectivity index (χ1n) is 8.71. The number of piperidine rings is 1. The van der Waals surface area contributed by atoms with E-state index in [4.69, 9.17) is 23.2 Å². The molecule has 0 spiro atoms. The number of rotatable bonds is 6. The summed E-state index contributed by atoms with van der Waals surface area (Å²) in [5, 5.41) is 7.91. The predicted octanol–water partition coefficient (Wildman–Crippen LogP) is 3.12. The molecule has 2 rings (SSSR count). The fourth-order valence-electron chi connectivity index (χ4n) is 3.12. The number of nitrogens with one attached hydrogen (secondary N) is 2. The molecule has 136 valence electrons. The molecule has 0 bridgehead atoms. The van der Waals surface area contributed by atoms with Crippen LogP contribution in [-0.4, -0.2) is 48.7 Å². The Kier molecular flexibility index (Phi) is 7.72. The minimum Gasteiger partial charge on any atom is -0.356 e. The quantitative estimate of drug-likeness (QED) is 0.594. The number of aliphatic imine (C=N–C) groups is 1. The Hall–Kier alpha value is -0.910. The third-order valence-corrected chi connectivity index (χ3v) is 5.52. The second-order valence-corrected chi connectivity index (χ2v) is 7.19. The Morgan fingerprint density at radius 2 is 2.00 bits per heavy atom. The van der Waals surface area contributed by atoms with Gasteiger partial charge in [0.1, 0.15) is 5.15 Å². The monoisotopic (exact) mass is 373 g/mol. The van der Waals surface area contributed by atoms with Crippen LogP contribution in [0.5, 0.6) is 0 Å². The van der Waals surface area contributed by atoms with E-state index >= 15 is 0 Å². The van der Waals surface area contributed by atoms with Crippen LogP contribution >= 0.6 is 23.2 Å². The van der Waals surface area contributed by atoms with Gasteiger partial charge in [-0.1, -0.05) is 30.1 Å². The Balaban J connectivity index is 1.74. The average Bonchev–Trinajstić information content (AvgIpc) is 2.84. The summed E-state index contributed by atoms with van der Waals surface area (Å²) in [5.74, 6) is 1.54. The first-order chi connectivity index (χ1) is 11.5. The lowest BCUT2D eigenvalue weighted by molar-refractivity contribution is 0.185. The van der Waals surface area contributed by atoms with Crippen molar-refractivity contribution in [1.82, 2.24) is 20.1 Å². The molecule has 0 aliphatic carbocycles. The highest BCUT2D eigenvalue weighted by molar-refractivity contribution is 6.41. The first kappa shape index (κ1) is 19.4. The maximum atomic E-state index is 6.10. The molecular formula is C17H29Cl2N5. The van der Waals surface area contributed by atoms with E-state index in [1.165, 1.54) is 38.9 Å². The minimum atomic E-state index is 0.565. The molecule has 1 fully saturated rings. The fourth-order valence-corrected chi connectivity index (χ4v) is 3.54. The van der Waals surface area contributed by atoms with Gasteiger partial charge in [0.25, 0.3) is 0 Å². The Morgan fingerprint density at radius 3 is 2.54 bits per heavy atom. The van der Waals surface area contributed by atoms with E-state index in [9.17, 15) is 0 Å². The van der Waals surface area contributed by atoms with Crippen LogP contribution in [0.4, 0.5) is 0 Å². The van der Waals surface area contributed by atoms with E-state index < -0.39 is 0 Å². The third-order valence-electron chi connectivity index (χ3n) is 4.68. The average molecular weight is 374 g/mol. The summed E-state index contributed by atoms with van der Waals surface area (Å²) in [6.07, 6.45) is 3.76. The van der Waals surface area contributed by atoms with Crippen molar-refractivity contribution in [1.29, 1.82) is 0 Å². The van der Waals surface area contributed by atoms with Crippen LogP contribution < -0.4 is 10.6 Å². The standard InChI is InChI=1S/C17H29Cl2N5/c1-4-7-24-8-5-13(6-9-24)11-21-17(20-2)22-12-14-10-15(18)16(19)23(14)3/h10,13H,4-9,11-12H2,1-3H3,(H2,20,21,22). The molecule has 0 aromatic carbocycles. The molecule has 1 aliphatic heterocycles. The Morgan fingerprint density at radius 1 is 1.29 bits per heavy atom. The second-order valence-electron chi connectivity index (χ2n) is 6.43. The molecule has 24 heavy (non-hydrogen) atoms. The summed E-state index contributed by atoms with van der Waals surface area (Å²) in [5.41, 5.74) is 1.03. The normalized spacial score (nSPS) is 17.3. The zero-order valence-electron chi connectivity index (χ0n) is 14.9. The number of nitrogens with zero attached hydrogens (tertiary/aromatic N) is 3. The number of guanidine groups is 1. The molecule has 7 heteroatoms. The number of hydrogen-bond donors (Lipinski definition) is 2. The van der Waals surface area contributed by atoms with Crippen LogP contribution in [0.1, 0.15) is 31.9 Å². The summed E-state index contributed by atoms with van der Waals surface area (Å²) in [4.78, 5) is 6.86. The van der Waals surface area contributed by atoms with Gasteiger partial charge in [-0.05, 0) is 50.9 Å². The van der Waals surface area contributed by atoms with E-state index in [2.05, 4.69) is 27.4 Å². The highest BCUT2D eigenvalue weighted by Crippen LogP contribution is 2.24. The third kappa shape index (κ3) is 5.30. The molecule has 5 nitrogen and oxygen atoms in total. The summed E-state index contributed by atoms with van der Waals surface area (Å²) in [7, 11) is 3.70. The van der Waals surface area contributed by atoms with Crippen LogP contribution in [0.2, 0.25) is 10.2 Å². The van der Waals surface area contributed by atoms with E-state index in [1.54, 1.807) is 7.05 Å². The highest BCUT2D eigenvalue weighted by Gasteiger charge is 2.18. The predicted molar refractivity (Wildman–Crippen MR) is 103 cm³/mol. The van der Waals surface area contributed by atoms with E-state index in [1.807, 2.05) is 17.7 Å². The molecule has 2 heterocycles. The fraction of sp³-hybridized carbons (Fsp3) is 0.706. The van der Waals surface area contributed by atoms with Crippen molar-refractivity contribution in [2.24, 2.45) is 18.0 Å². The van der Waals surface area contributed by atoms with E-state index in [0.717, 1.165) is 24.1 Å². The van der Waals surface area contributed by atoms with Crippen LogP contribution in [-0.2, 0) is 13.6 Å². The number of halogens is 2. The Bertz CT molecular complexity index is 547. The topological polar surface area (TPSA) is 44.6 Å². The highest BCUT2D eigenvalue weighted by atomic mass is 35.5. The lowest BCUT2D eigenvalue weighted by Gasteiger charge is -2.32. The van der Waals surface area contributed by atoms with Crippen molar-refractivity contribution in [2.45, 2.75) is 32.7 Å². The smallest absolute Gasteiger partial charge is 0.191 e. The van der Waals surface area contributed by atoms with Gasteiger partial charge in [-0.15, -0.1) is 0 Å². The molecule has 0 unspecified atom stereocenters. The number of likely N-dealkylation sites (tertiary alicyclic amines) is 1. The minimum absolute atomic E-state index is 0.565. The van der Waals surface area contributed by atoms with Gasteiger partial charge in [0.05, 0.1) is 11.6 Å². The summed E-state index contributed by atoms with van der Waals surface area (Å²) >= 11 is 12.1. The zero-order valence-corrected chi connectivity index (χ0v) is 16.4. The number of aromatic nitrogens is 1. The van der Waals surface area contributed by atoms with Gasteiger partial charge in [-0.3, -0.25) is 4.99 Å². The van der Waals surface area contributed by atoms with Crippen molar-refractivity contribution >= 4 is 29.2 Å². The summed E-state index contributed by atoms with van der Waals surface area (Å²) in [6.45, 7) is 7.51. The lowest BCUT2D eigenvalue weighted by atomic mass is 9.97. The first-order valence-corrected chi connectivity index (χ1v) is 9.47. The molecule has 0 radical (unpaired) electrons. The maximum absolute atomic E-state index is 6.10. The molecule has 1 saturated heterocycles. The molecule has 1 aromatic heterocycles. The van der Waals surface area contributed by atoms with Crippen LogP contribution in [0.3, 0.4) is 0 Å². The summed E-state index contributed by atoms with van der Waals surface area (Å²) in [6, 6.07) is 1.88. The molecule has 0 amide bonds. The van der Waals surface area contributed by atoms with Gasteiger partial charge in [0, 0.05) is 26.3 Å². The maximum Gasteiger partial charge on any atom is 0.191 e. The van der Waals surface area contributed by atoms with Crippen molar-refractivity contribution in [2.75, 3.05) is 33.2 Å². The number of hydrogen-bond acceptors (Lipinski definition) is 2. The SMILES string of the molecule is CCCN1CCC(CNC(=NC)NCc2cc(Cl)c(Cl)n2C)CC1.